The van der Waals surface area contributed by atoms with Gasteiger partial charge in [0.05, 0.1) is 6.61 Å². The molecule has 0 radical (unpaired) electrons. The average molecular weight is 290 g/mol. The van der Waals surface area contributed by atoms with Crippen LogP contribution in [0.1, 0.15) is 46.0 Å². The monoisotopic (exact) mass is 290 g/mol. The number of aliphatic hydroxyl groups excluding tert-OH is 1. The largest absolute Gasteiger partial charge is 0.395 e. The Kier molecular flexibility index (Phi) is 4.55. The van der Waals surface area contributed by atoms with Crippen LogP contribution in [0.3, 0.4) is 0 Å². The smallest absolute Gasteiger partial charge is 0.279 e. The maximum atomic E-state index is 12.4. The predicted octanol–water partition coefficient (Wildman–Crippen LogP) is 1.10. The lowest BCUT2D eigenvalue weighted by Gasteiger charge is -2.34. The van der Waals surface area contributed by atoms with E-state index in [4.69, 9.17) is 0 Å². The first-order valence-electron chi connectivity index (χ1n) is 7.28. The highest BCUT2D eigenvalue weighted by Gasteiger charge is 2.46. The highest BCUT2D eigenvalue weighted by Crippen LogP contribution is 2.51. The van der Waals surface area contributed by atoms with Crippen LogP contribution in [-0.4, -0.2) is 43.6 Å². The van der Waals surface area contributed by atoms with Crippen molar-refractivity contribution in [2.75, 3.05) is 19.7 Å². The second-order valence-electron chi connectivity index (χ2n) is 6.29. The van der Waals surface area contributed by atoms with Gasteiger partial charge in [0.2, 0.25) is 0 Å². The minimum Gasteiger partial charge on any atom is -0.395 e. The number of nitrogens with one attached hydrogen (secondary N) is 1. The summed E-state index contributed by atoms with van der Waals surface area (Å²) in [5, 5.41) is 9.32. The van der Waals surface area contributed by atoms with Crippen molar-refractivity contribution in [1.29, 1.82) is 0 Å². The van der Waals surface area contributed by atoms with Gasteiger partial charge in [0, 0.05) is 19.1 Å². The molecule has 1 saturated heterocycles. The molecule has 2 rings (SSSR count). The van der Waals surface area contributed by atoms with Gasteiger partial charge in [-0.15, -0.1) is 0 Å². The molecule has 2 aliphatic rings. The summed E-state index contributed by atoms with van der Waals surface area (Å²) in [6.07, 6.45) is 4.85. The van der Waals surface area contributed by atoms with E-state index in [1.807, 2.05) is 0 Å². The van der Waals surface area contributed by atoms with Crippen molar-refractivity contribution >= 4 is 10.2 Å². The Labute approximate surface area is 116 Å². The van der Waals surface area contributed by atoms with Crippen molar-refractivity contribution in [3.8, 4) is 0 Å². The number of hydrogen-bond acceptors (Lipinski definition) is 3. The Morgan fingerprint density at radius 3 is 2.58 bits per heavy atom. The SMILES string of the molecule is CC(C)C1(CNS(=O)(=O)N2CCCCC2CO)CC1. The summed E-state index contributed by atoms with van der Waals surface area (Å²) in [5.41, 5.74) is 0.164. The molecule has 0 amide bonds. The Balaban J connectivity index is 1.97. The van der Waals surface area contributed by atoms with Gasteiger partial charge < -0.3 is 5.11 Å². The maximum absolute atomic E-state index is 12.4. The minimum absolute atomic E-state index is 0.0871. The molecule has 5 nitrogen and oxygen atoms in total. The van der Waals surface area contributed by atoms with Crippen LogP contribution in [0.5, 0.6) is 0 Å². The highest BCUT2D eigenvalue weighted by atomic mass is 32.2. The van der Waals surface area contributed by atoms with E-state index in [0.717, 1.165) is 32.1 Å². The predicted molar refractivity (Wildman–Crippen MR) is 74.9 cm³/mol. The molecular formula is C13H26N2O3S. The molecule has 1 heterocycles. The maximum Gasteiger partial charge on any atom is 0.279 e. The number of aliphatic hydroxyl groups is 1. The third-order valence-electron chi connectivity index (χ3n) is 4.82. The first-order valence-corrected chi connectivity index (χ1v) is 8.72. The third-order valence-corrected chi connectivity index (χ3v) is 6.42. The molecule has 0 aromatic rings. The standard InChI is InChI=1S/C13H26N2O3S/c1-11(2)13(6-7-13)10-14-19(17,18)15-8-4-3-5-12(15)9-16/h11-12,14,16H,3-10H2,1-2H3. The molecule has 0 aromatic carbocycles. The van der Waals surface area contributed by atoms with E-state index in [2.05, 4.69) is 18.6 Å². The first-order chi connectivity index (χ1) is 8.91. The number of hydrogen-bond donors (Lipinski definition) is 2. The normalized spacial score (nSPS) is 27.7. The molecule has 1 saturated carbocycles. The summed E-state index contributed by atoms with van der Waals surface area (Å²) in [6, 6.07) is -0.250. The minimum atomic E-state index is -3.45. The molecule has 1 aliphatic carbocycles. The number of nitrogens with zero attached hydrogens (tertiary/aromatic N) is 1. The number of rotatable bonds is 6. The van der Waals surface area contributed by atoms with E-state index >= 15 is 0 Å². The lowest BCUT2D eigenvalue weighted by Crippen LogP contribution is -2.51. The summed E-state index contributed by atoms with van der Waals surface area (Å²) in [5.74, 6) is 0.505. The fraction of sp³-hybridized carbons (Fsp3) is 1.00. The molecule has 1 unspecified atom stereocenters. The van der Waals surface area contributed by atoms with Crippen molar-refractivity contribution in [3.05, 3.63) is 0 Å². The molecule has 112 valence electrons. The van der Waals surface area contributed by atoms with Crippen molar-refractivity contribution in [2.24, 2.45) is 11.3 Å². The molecule has 2 fully saturated rings. The van der Waals surface area contributed by atoms with Crippen molar-refractivity contribution in [2.45, 2.75) is 52.0 Å². The van der Waals surface area contributed by atoms with Gasteiger partial charge in [0.1, 0.15) is 0 Å². The van der Waals surface area contributed by atoms with E-state index in [9.17, 15) is 13.5 Å². The second kappa shape index (κ2) is 5.68. The van der Waals surface area contributed by atoms with Crippen LogP contribution < -0.4 is 4.72 Å². The zero-order valence-corrected chi connectivity index (χ0v) is 12.7. The third kappa shape index (κ3) is 3.29. The Hall–Kier alpha value is -0.170. The van der Waals surface area contributed by atoms with Crippen LogP contribution in [-0.2, 0) is 10.2 Å². The van der Waals surface area contributed by atoms with E-state index in [1.54, 1.807) is 0 Å². The van der Waals surface area contributed by atoms with E-state index in [-0.39, 0.29) is 18.1 Å². The topological polar surface area (TPSA) is 69.6 Å². The lowest BCUT2D eigenvalue weighted by atomic mass is 9.93. The summed E-state index contributed by atoms with van der Waals surface area (Å²) >= 11 is 0. The number of piperidine rings is 1. The van der Waals surface area contributed by atoms with E-state index in [1.165, 1.54) is 4.31 Å². The van der Waals surface area contributed by atoms with Crippen molar-refractivity contribution < 1.29 is 13.5 Å². The van der Waals surface area contributed by atoms with Gasteiger partial charge in [-0.2, -0.15) is 12.7 Å². The van der Waals surface area contributed by atoms with E-state index < -0.39 is 10.2 Å². The van der Waals surface area contributed by atoms with Gasteiger partial charge in [0.25, 0.3) is 10.2 Å². The fourth-order valence-electron chi connectivity index (χ4n) is 2.91. The molecule has 6 heteroatoms. The van der Waals surface area contributed by atoms with Crippen molar-refractivity contribution in [1.82, 2.24) is 9.03 Å². The van der Waals surface area contributed by atoms with Crippen LogP contribution in [0.2, 0.25) is 0 Å². The Morgan fingerprint density at radius 1 is 1.37 bits per heavy atom. The Bertz CT molecular complexity index is 404. The Morgan fingerprint density at radius 2 is 2.05 bits per heavy atom. The van der Waals surface area contributed by atoms with E-state index in [0.29, 0.717) is 19.0 Å². The van der Waals surface area contributed by atoms with Crippen LogP contribution in [0.25, 0.3) is 0 Å². The zero-order valence-electron chi connectivity index (χ0n) is 11.9. The van der Waals surface area contributed by atoms with Crippen LogP contribution >= 0.6 is 0 Å². The average Bonchev–Trinajstić information content (AvgIpc) is 3.18. The van der Waals surface area contributed by atoms with Crippen LogP contribution in [0, 0.1) is 11.3 Å². The quantitative estimate of drug-likeness (QED) is 0.770. The first kappa shape index (κ1) is 15.2. The molecule has 0 spiro atoms. The van der Waals surface area contributed by atoms with Gasteiger partial charge in [-0.1, -0.05) is 20.3 Å². The van der Waals surface area contributed by atoms with Gasteiger partial charge in [0.15, 0.2) is 0 Å². The lowest BCUT2D eigenvalue weighted by molar-refractivity contribution is 0.153. The molecule has 0 aromatic heterocycles. The van der Waals surface area contributed by atoms with Gasteiger partial charge in [-0.25, -0.2) is 4.72 Å². The molecule has 1 aliphatic heterocycles. The highest BCUT2D eigenvalue weighted by molar-refractivity contribution is 7.87. The zero-order chi connectivity index (χ0) is 14.1. The molecular weight excluding hydrogens is 264 g/mol. The molecule has 2 N–H and O–H groups in total. The summed E-state index contributed by atoms with van der Waals surface area (Å²) < 4.78 is 28.9. The molecule has 1 atom stereocenters. The van der Waals surface area contributed by atoms with Crippen molar-refractivity contribution in [3.63, 3.8) is 0 Å². The van der Waals surface area contributed by atoms with Gasteiger partial charge in [-0.05, 0) is 37.0 Å². The second-order valence-corrected chi connectivity index (χ2v) is 7.99. The summed E-state index contributed by atoms with van der Waals surface area (Å²) in [4.78, 5) is 0. The molecule has 19 heavy (non-hydrogen) atoms. The van der Waals surface area contributed by atoms with Crippen LogP contribution in [0.15, 0.2) is 0 Å². The van der Waals surface area contributed by atoms with Gasteiger partial charge >= 0.3 is 0 Å². The van der Waals surface area contributed by atoms with Crippen LogP contribution in [0.4, 0.5) is 0 Å². The molecule has 0 bridgehead atoms. The van der Waals surface area contributed by atoms with Gasteiger partial charge in [-0.3, -0.25) is 0 Å². The summed E-state index contributed by atoms with van der Waals surface area (Å²) in [6.45, 7) is 5.27. The summed E-state index contributed by atoms with van der Waals surface area (Å²) in [7, 11) is -3.45. The fourth-order valence-corrected chi connectivity index (χ4v) is 4.48.